The third kappa shape index (κ3) is 5.51. The molecule has 0 bridgehead atoms. The fraction of sp³-hybridized carbons (Fsp3) is 0.457. The quantitative estimate of drug-likeness (QED) is 0.0520. The molecule has 2 aliphatic rings. The molecule has 11 nitrogen and oxygen atoms in total. The van der Waals surface area contributed by atoms with Gasteiger partial charge in [0.2, 0.25) is 5.90 Å². The van der Waals surface area contributed by atoms with Crippen LogP contribution < -0.4 is 30.1 Å². The van der Waals surface area contributed by atoms with Gasteiger partial charge in [0.05, 0.1) is 32.8 Å². The first-order valence-electron chi connectivity index (χ1n) is 15.7. The number of nitrogens with two attached hydrogens (primary N) is 1. The van der Waals surface area contributed by atoms with Crippen molar-refractivity contribution in [3.63, 3.8) is 0 Å². The number of benzene rings is 3. The number of hydrazone groups is 1. The van der Waals surface area contributed by atoms with Crippen LogP contribution in [0.15, 0.2) is 71.8 Å². The van der Waals surface area contributed by atoms with Crippen molar-refractivity contribution in [3.8, 4) is 23.0 Å². The molecular weight excluding hydrogens is 588 g/mol. The summed E-state index contributed by atoms with van der Waals surface area (Å²) in [4.78, 5) is 2.36. The van der Waals surface area contributed by atoms with E-state index in [0.29, 0.717) is 34.1 Å². The molecule has 3 aromatic rings. The predicted molar refractivity (Wildman–Crippen MR) is 175 cm³/mol. The van der Waals surface area contributed by atoms with Crippen molar-refractivity contribution in [1.29, 1.82) is 0 Å². The third-order valence-corrected chi connectivity index (χ3v) is 9.41. The van der Waals surface area contributed by atoms with Gasteiger partial charge in [-0.2, -0.15) is 0 Å². The van der Waals surface area contributed by atoms with E-state index in [-0.39, 0.29) is 12.6 Å². The van der Waals surface area contributed by atoms with E-state index in [2.05, 4.69) is 29.2 Å². The first-order valence-corrected chi connectivity index (χ1v) is 15.7. The van der Waals surface area contributed by atoms with Crippen molar-refractivity contribution in [3.05, 3.63) is 83.4 Å². The molecule has 5 N–H and O–H groups in total. The summed E-state index contributed by atoms with van der Waals surface area (Å²) in [6.07, 6.45) is -0.555. The molecule has 1 fully saturated rings. The molecule has 0 spiro atoms. The minimum Gasteiger partial charge on any atom is -0.497 e. The molecule has 11 heteroatoms. The molecule has 0 radical (unpaired) electrons. The number of nitrogens with one attached hydrogen (secondary N) is 1. The first kappa shape index (κ1) is 33.3. The second-order valence-corrected chi connectivity index (χ2v) is 11.5. The van der Waals surface area contributed by atoms with Crippen molar-refractivity contribution in [2.45, 2.75) is 43.5 Å². The standard InChI is InChI=1S/C35H46N4O7/c1-6-39(7-2)19-11-18-37-22-45-33(38-36)29-30(23-12-9-8-10-13-23)35(24-14-16-25(42-3)17-15-24)34(41,32(29)40)31-27(44-5)20-26(43-4)21-28(31)46-35/h8-10,12-17,20-21,29-30,32,37,40-41H,6-7,11,18-19,22,36H2,1-5H3/b38-33-/t29-,30-,32-,34+,35+/m1/s1. The van der Waals surface area contributed by atoms with Crippen LogP contribution in [0.1, 0.15) is 42.9 Å². The molecule has 5 atom stereocenters. The molecule has 0 saturated heterocycles. The number of hydrogen-bond acceptors (Lipinski definition) is 11. The van der Waals surface area contributed by atoms with Crippen LogP contribution in [0.3, 0.4) is 0 Å². The highest BCUT2D eigenvalue weighted by atomic mass is 16.5. The van der Waals surface area contributed by atoms with Gasteiger partial charge >= 0.3 is 0 Å². The van der Waals surface area contributed by atoms with Crippen molar-refractivity contribution < 1.29 is 33.9 Å². The van der Waals surface area contributed by atoms with Crippen LogP contribution in [0, 0.1) is 5.92 Å². The van der Waals surface area contributed by atoms with Crippen molar-refractivity contribution >= 4 is 5.90 Å². The Labute approximate surface area is 270 Å². The number of aliphatic hydroxyl groups excluding tert-OH is 1. The monoisotopic (exact) mass is 634 g/mol. The van der Waals surface area contributed by atoms with Gasteiger partial charge in [-0.3, -0.25) is 5.32 Å². The van der Waals surface area contributed by atoms with Gasteiger partial charge in [-0.1, -0.05) is 56.3 Å². The van der Waals surface area contributed by atoms with Crippen LogP contribution in [-0.4, -0.2) is 81.4 Å². The van der Waals surface area contributed by atoms with Gasteiger partial charge < -0.3 is 44.6 Å². The van der Waals surface area contributed by atoms with Crippen molar-refractivity contribution in [2.24, 2.45) is 16.9 Å². The van der Waals surface area contributed by atoms with E-state index in [4.69, 9.17) is 29.5 Å². The van der Waals surface area contributed by atoms with Gasteiger partial charge in [0, 0.05) is 18.1 Å². The fourth-order valence-corrected chi connectivity index (χ4v) is 7.16. The van der Waals surface area contributed by atoms with Crippen LogP contribution in [0.4, 0.5) is 0 Å². The first-order chi connectivity index (χ1) is 22.3. The smallest absolute Gasteiger partial charge is 0.213 e. The van der Waals surface area contributed by atoms with Gasteiger partial charge in [-0.15, -0.1) is 5.10 Å². The highest BCUT2D eigenvalue weighted by Crippen LogP contribution is 2.70. The lowest BCUT2D eigenvalue weighted by Crippen LogP contribution is -2.52. The minimum absolute atomic E-state index is 0.0888. The molecule has 1 aliphatic heterocycles. The molecule has 248 valence electrons. The Morgan fingerprint density at radius 1 is 0.978 bits per heavy atom. The molecule has 0 amide bonds. The summed E-state index contributed by atoms with van der Waals surface area (Å²) in [6.45, 7) is 8.10. The van der Waals surface area contributed by atoms with Gasteiger partial charge in [0.25, 0.3) is 0 Å². The Balaban J connectivity index is 1.61. The maximum Gasteiger partial charge on any atom is 0.213 e. The Kier molecular flexibility index (Phi) is 10.3. The number of aliphatic hydroxyl groups is 2. The van der Waals surface area contributed by atoms with E-state index >= 15 is 0 Å². The number of nitrogens with zero attached hydrogens (tertiary/aromatic N) is 2. The summed E-state index contributed by atoms with van der Waals surface area (Å²) in [5, 5.41) is 32.9. The van der Waals surface area contributed by atoms with Gasteiger partial charge in [0.1, 0.15) is 35.8 Å². The van der Waals surface area contributed by atoms with E-state index < -0.39 is 29.1 Å². The molecule has 0 unspecified atom stereocenters. The number of fused-ring (bicyclic) bond motifs is 3. The zero-order valence-electron chi connectivity index (χ0n) is 27.2. The maximum atomic E-state index is 13.1. The molecule has 1 saturated carbocycles. The second kappa shape index (κ2) is 14.2. The topological polar surface area (TPSA) is 140 Å². The minimum atomic E-state index is -2.05. The Morgan fingerprint density at radius 3 is 2.28 bits per heavy atom. The molecule has 1 aliphatic carbocycles. The largest absolute Gasteiger partial charge is 0.497 e. The number of ether oxygens (including phenoxy) is 5. The molecule has 5 rings (SSSR count). The average molecular weight is 635 g/mol. The normalized spacial score (nSPS) is 25.1. The Bertz CT molecular complexity index is 1480. The zero-order chi connectivity index (χ0) is 32.9. The molecule has 3 aromatic carbocycles. The summed E-state index contributed by atoms with van der Waals surface area (Å²) in [5.41, 5.74) is -1.93. The molecule has 1 heterocycles. The average Bonchev–Trinajstić information content (AvgIpc) is 3.48. The molecular formula is C35H46N4O7. The number of hydrogen-bond donors (Lipinski definition) is 4. The summed E-state index contributed by atoms with van der Waals surface area (Å²) in [5.74, 6) is 6.20. The molecule has 46 heavy (non-hydrogen) atoms. The van der Waals surface area contributed by atoms with Gasteiger partial charge in [0.15, 0.2) is 11.2 Å². The highest BCUT2D eigenvalue weighted by Gasteiger charge is 2.78. The summed E-state index contributed by atoms with van der Waals surface area (Å²) in [6, 6.07) is 20.2. The maximum absolute atomic E-state index is 13.1. The fourth-order valence-electron chi connectivity index (χ4n) is 7.16. The number of rotatable bonds is 14. The lowest BCUT2D eigenvalue weighted by atomic mass is 9.70. The summed E-state index contributed by atoms with van der Waals surface area (Å²) >= 11 is 0. The second-order valence-electron chi connectivity index (χ2n) is 11.5. The Hall–Kier alpha value is -4.03. The van der Waals surface area contributed by atoms with E-state index in [1.54, 1.807) is 38.5 Å². The lowest BCUT2D eigenvalue weighted by Gasteiger charge is -2.41. The van der Waals surface area contributed by atoms with E-state index in [1.165, 1.54) is 7.11 Å². The van der Waals surface area contributed by atoms with Crippen molar-refractivity contribution in [2.75, 3.05) is 54.2 Å². The van der Waals surface area contributed by atoms with E-state index in [1.807, 2.05) is 42.5 Å². The van der Waals surface area contributed by atoms with Crippen LogP contribution in [0.25, 0.3) is 0 Å². The van der Waals surface area contributed by atoms with Crippen molar-refractivity contribution in [1.82, 2.24) is 10.2 Å². The van der Waals surface area contributed by atoms with Crippen LogP contribution in [-0.2, 0) is 15.9 Å². The summed E-state index contributed by atoms with van der Waals surface area (Å²) < 4.78 is 29.9. The zero-order valence-corrected chi connectivity index (χ0v) is 27.2. The highest BCUT2D eigenvalue weighted by molar-refractivity contribution is 5.83. The lowest BCUT2D eigenvalue weighted by molar-refractivity contribution is -0.151. The SMILES string of the molecule is CCN(CC)CCCNCO/C(=N\N)[C@H]1[C@@H](O)[C@@]2(O)c3c(OC)cc(OC)cc3O[C@@]2(c2ccc(OC)cc2)[C@@H]1c1ccccc1. The van der Waals surface area contributed by atoms with Crippen LogP contribution in [0.5, 0.6) is 23.0 Å². The van der Waals surface area contributed by atoms with Crippen LogP contribution >= 0.6 is 0 Å². The summed E-state index contributed by atoms with van der Waals surface area (Å²) in [7, 11) is 4.63. The third-order valence-electron chi connectivity index (χ3n) is 9.41. The van der Waals surface area contributed by atoms with E-state index in [0.717, 1.165) is 38.2 Å². The van der Waals surface area contributed by atoms with E-state index in [9.17, 15) is 10.2 Å². The van der Waals surface area contributed by atoms with Crippen LogP contribution in [0.2, 0.25) is 0 Å². The Morgan fingerprint density at radius 2 is 1.67 bits per heavy atom. The van der Waals surface area contributed by atoms with Gasteiger partial charge in [-0.05, 0) is 55.9 Å². The predicted octanol–water partition coefficient (Wildman–Crippen LogP) is 3.53. The molecule has 0 aromatic heterocycles. The number of methoxy groups -OCH3 is 3. The van der Waals surface area contributed by atoms with Gasteiger partial charge in [-0.25, -0.2) is 0 Å².